The minimum Gasteiger partial charge on any atom is -0.464 e. The van der Waals surface area contributed by atoms with Crippen LogP contribution in [0, 0.1) is 0 Å². The summed E-state index contributed by atoms with van der Waals surface area (Å²) in [4.78, 5) is 54.6. The Bertz CT molecular complexity index is 1220. The molecule has 0 aliphatic carbocycles. The Morgan fingerprint density at radius 2 is 0.427 bits per heavy atom. The molecule has 0 spiro atoms. The number of carbonyl (C=O) groups is 4. The smallest absolute Gasteiger partial charge is 0.336 e. The molecule has 16 heteroatoms. The molecule has 0 aliphatic heterocycles. The molecule has 486 valence electrons. The molecule has 4 atom stereocenters. The molecule has 0 bridgehead atoms. The fourth-order valence-electron chi connectivity index (χ4n) is 9.93. The van der Waals surface area contributed by atoms with Crippen LogP contribution in [0.25, 0.3) is 0 Å². The van der Waals surface area contributed by atoms with Gasteiger partial charge in [-0.15, -0.1) is 0 Å². The number of nitrogens with zero attached hydrogens (tertiary/aromatic N) is 2. The highest BCUT2D eigenvalue weighted by Gasteiger charge is 2.27. The van der Waals surface area contributed by atoms with Gasteiger partial charge in [0.15, 0.2) is 24.4 Å². The standard InChI is InChI=1S/C66H128N2O14/c1-5-9-13-17-21-25-29-33-37-41-47-79-63(73)59(69)55-67(56-60(70)64(74)80-48-42-38-34-30-26-22-18-14-10-6-2)45-51-77-53-54-78-52-46-68(57-61(71)65(75)81-49-43-39-35-31-27-23-19-15-11-7-3)58-62(72)66(76)82-50-44-40-36-32-28-24-20-16-12-8-4/h59-62,69-72H,5-58H2,1-4H3. The Kier molecular flexibility index (Phi) is 59.8. The Labute approximate surface area is 500 Å². The van der Waals surface area contributed by atoms with Gasteiger partial charge in [0, 0.05) is 39.3 Å². The molecular formula is C66H128N2O14. The average molecular weight is 1170 g/mol. The third-order valence-electron chi connectivity index (χ3n) is 15.3. The highest BCUT2D eigenvalue weighted by atomic mass is 16.6. The molecule has 0 saturated heterocycles. The minimum atomic E-state index is -1.50. The van der Waals surface area contributed by atoms with Gasteiger partial charge in [-0.1, -0.05) is 259 Å². The lowest BCUT2D eigenvalue weighted by molar-refractivity contribution is -0.158. The van der Waals surface area contributed by atoms with Crippen molar-refractivity contribution in [3.05, 3.63) is 0 Å². The summed E-state index contributed by atoms with van der Waals surface area (Å²) in [5.74, 6) is -3.04. The highest BCUT2D eigenvalue weighted by Crippen LogP contribution is 2.15. The minimum absolute atomic E-state index is 0.122. The van der Waals surface area contributed by atoms with E-state index in [0.717, 1.165) is 77.0 Å². The first-order valence-corrected chi connectivity index (χ1v) is 34.0. The lowest BCUT2D eigenvalue weighted by atomic mass is 10.1. The molecule has 82 heavy (non-hydrogen) atoms. The van der Waals surface area contributed by atoms with Crippen LogP contribution in [0.15, 0.2) is 0 Å². The van der Waals surface area contributed by atoms with Gasteiger partial charge in [0.1, 0.15) is 0 Å². The normalized spacial score (nSPS) is 13.1. The van der Waals surface area contributed by atoms with Gasteiger partial charge in [0.25, 0.3) is 0 Å². The van der Waals surface area contributed by atoms with E-state index in [1.807, 2.05) is 0 Å². The number of aliphatic hydroxyl groups excluding tert-OH is 4. The molecule has 16 nitrogen and oxygen atoms in total. The number of rotatable bonds is 65. The van der Waals surface area contributed by atoms with E-state index in [2.05, 4.69) is 27.7 Å². The van der Waals surface area contributed by atoms with Crippen molar-refractivity contribution in [2.75, 3.05) is 92.1 Å². The molecule has 0 aromatic heterocycles. The van der Waals surface area contributed by atoms with E-state index in [-0.39, 0.29) is 92.1 Å². The van der Waals surface area contributed by atoms with Gasteiger partial charge in [-0.05, 0) is 25.7 Å². The zero-order valence-corrected chi connectivity index (χ0v) is 53.3. The fourth-order valence-corrected chi connectivity index (χ4v) is 9.93. The maximum absolute atomic E-state index is 12.9. The van der Waals surface area contributed by atoms with Crippen molar-refractivity contribution in [1.29, 1.82) is 0 Å². The van der Waals surface area contributed by atoms with E-state index in [0.29, 0.717) is 25.7 Å². The summed E-state index contributed by atoms with van der Waals surface area (Å²) in [6.45, 7) is 9.85. The van der Waals surface area contributed by atoms with Gasteiger partial charge in [0.05, 0.1) is 52.9 Å². The van der Waals surface area contributed by atoms with Gasteiger partial charge in [0.2, 0.25) is 0 Å². The third-order valence-corrected chi connectivity index (χ3v) is 15.3. The molecule has 4 unspecified atom stereocenters. The van der Waals surface area contributed by atoms with Crippen molar-refractivity contribution in [2.24, 2.45) is 0 Å². The van der Waals surface area contributed by atoms with Crippen LogP contribution >= 0.6 is 0 Å². The Hall–Kier alpha value is -2.44. The van der Waals surface area contributed by atoms with Crippen LogP contribution in [0.5, 0.6) is 0 Å². The maximum Gasteiger partial charge on any atom is 0.336 e. The number of ether oxygens (including phenoxy) is 6. The maximum atomic E-state index is 12.9. The lowest BCUT2D eigenvalue weighted by Crippen LogP contribution is -2.45. The van der Waals surface area contributed by atoms with Crippen LogP contribution in [0.3, 0.4) is 0 Å². The van der Waals surface area contributed by atoms with Crippen LogP contribution in [0.2, 0.25) is 0 Å². The van der Waals surface area contributed by atoms with Gasteiger partial charge in [-0.3, -0.25) is 9.80 Å². The number of hydrogen-bond acceptors (Lipinski definition) is 16. The molecular weight excluding hydrogens is 1040 g/mol. The van der Waals surface area contributed by atoms with Crippen LogP contribution < -0.4 is 0 Å². The largest absolute Gasteiger partial charge is 0.464 e. The van der Waals surface area contributed by atoms with Crippen LogP contribution in [-0.4, -0.2) is 171 Å². The second kappa shape index (κ2) is 61.6. The quantitative estimate of drug-likeness (QED) is 0.0253. The first-order chi connectivity index (χ1) is 40.0. The predicted octanol–water partition coefficient (Wildman–Crippen LogP) is 12.9. The van der Waals surface area contributed by atoms with Crippen LogP contribution in [-0.2, 0) is 47.6 Å². The highest BCUT2D eigenvalue weighted by molar-refractivity contribution is 5.76. The molecule has 0 saturated carbocycles. The lowest BCUT2D eigenvalue weighted by Gasteiger charge is -2.26. The van der Waals surface area contributed by atoms with Gasteiger partial charge in [-0.25, -0.2) is 19.2 Å². The van der Waals surface area contributed by atoms with E-state index in [1.54, 1.807) is 9.80 Å². The summed E-state index contributed by atoms with van der Waals surface area (Å²) in [5, 5.41) is 43.5. The zero-order valence-electron chi connectivity index (χ0n) is 53.3. The van der Waals surface area contributed by atoms with E-state index in [1.165, 1.54) is 154 Å². The number of esters is 4. The molecule has 0 aliphatic rings. The second-order valence-corrected chi connectivity index (χ2v) is 23.2. The molecule has 0 aromatic carbocycles. The van der Waals surface area contributed by atoms with Crippen molar-refractivity contribution in [1.82, 2.24) is 9.80 Å². The first-order valence-electron chi connectivity index (χ1n) is 34.0. The summed E-state index contributed by atoms with van der Waals surface area (Å²) >= 11 is 0. The summed E-state index contributed by atoms with van der Waals surface area (Å²) in [5.41, 5.74) is 0. The molecule has 0 aromatic rings. The van der Waals surface area contributed by atoms with E-state index < -0.39 is 48.3 Å². The van der Waals surface area contributed by atoms with Gasteiger partial charge < -0.3 is 48.8 Å². The van der Waals surface area contributed by atoms with Crippen molar-refractivity contribution < 1.29 is 68.0 Å². The van der Waals surface area contributed by atoms with E-state index >= 15 is 0 Å². The zero-order chi connectivity index (χ0) is 60.2. The summed E-state index contributed by atoms with van der Waals surface area (Å²) in [6.07, 6.45) is 39.8. The number of unbranched alkanes of at least 4 members (excludes halogenated alkanes) is 36. The molecule has 0 heterocycles. The number of hydrogen-bond donors (Lipinski definition) is 4. The third kappa shape index (κ3) is 53.1. The molecule has 0 radical (unpaired) electrons. The molecule has 0 fully saturated rings. The van der Waals surface area contributed by atoms with Crippen LogP contribution in [0.1, 0.15) is 285 Å². The Balaban J connectivity index is 5.24. The Morgan fingerprint density at radius 1 is 0.256 bits per heavy atom. The van der Waals surface area contributed by atoms with Gasteiger partial charge >= 0.3 is 23.9 Å². The SMILES string of the molecule is CCCCCCCCCCCCOC(=O)C(O)CN(CCOCCOCCN(CC(O)C(=O)OCCCCCCCCCCCC)CC(O)C(=O)OCCCCCCCCCCCC)CC(O)C(=O)OCCCCCCCCCCCC. The first kappa shape index (κ1) is 79.6. The molecule has 4 N–H and O–H groups in total. The van der Waals surface area contributed by atoms with E-state index in [4.69, 9.17) is 28.4 Å². The van der Waals surface area contributed by atoms with Crippen LogP contribution in [0.4, 0.5) is 0 Å². The number of carbonyl (C=O) groups excluding carboxylic acids is 4. The summed E-state index contributed by atoms with van der Waals surface area (Å²) < 4.78 is 33.3. The topological polar surface area (TPSA) is 211 Å². The summed E-state index contributed by atoms with van der Waals surface area (Å²) in [6, 6.07) is 0. The van der Waals surface area contributed by atoms with E-state index in [9.17, 15) is 39.6 Å². The van der Waals surface area contributed by atoms with Crippen molar-refractivity contribution >= 4 is 23.9 Å². The monoisotopic (exact) mass is 1170 g/mol. The second-order valence-electron chi connectivity index (χ2n) is 23.2. The van der Waals surface area contributed by atoms with Crippen molar-refractivity contribution in [3.8, 4) is 0 Å². The average Bonchev–Trinajstić information content (AvgIpc) is 3.46. The molecule has 0 amide bonds. The van der Waals surface area contributed by atoms with Crippen molar-refractivity contribution in [3.63, 3.8) is 0 Å². The predicted molar refractivity (Wildman–Crippen MR) is 330 cm³/mol. The molecule has 0 rings (SSSR count). The van der Waals surface area contributed by atoms with Crippen molar-refractivity contribution in [2.45, 2.75) is 309 Å². The fraction of sp³-hybridized carbons (Fsp3) is 0.939. The van der Waals surface area contributed by atoms with Gasteiger partial charge in [-0.2, -0.15) is 0 Å². The summed E-state index contributed by atoms with van der Waals surface area (Å²) in [7, 11) is 0. The Morgan fingerprint density at radius 3 is 0.610 bits per heavy atom. The number of aliphatic hydroxyl groups is 4.